The van der Waals surface area contributed by atoms with E-state index in [1.54, 1.807) is 10.0 Å². The molecule has 2 amide bonds. The number of amides is 2. The average molecular weight is 395 g/mol. The van der Waals surface area contributed by atoms with E-state index in [1.807, 2.05) is 13.8 Å². The first-order chi connectivity index (χ1) is 13.7. The van der Waals surface area contributed by atoms with Crippen LogP contribution in [-0.4, -0.2) is 69.9 Å². The SMILES string of the molecule is CCOC(=O)N1[C@@H]([C@H]2N(C(=O)OCC)N2C2CCCCC2)N1C1CCCCC1. The molecule has 8 heteroatoms. The van der Waals surface area contributed by atoms with Gasteiger partial charge in [-0.15, -0.1) is 0 Å². The summed E-state index contributed by atoms with van der Waals surface area (Å²) >= 11 is 0. The zero-order valence-corrected chi connectivity index (χ0v) is 17.2. The predicted molar refractivity (Wildman–Crippen MR) is 103 cm³/mol. The van der Waals surface area contributed by atoms with Gasteiger partial charge in [-0.3, -0.25) is 0 Å². The number of hydrogen-bond acceptors (Lipinski definition) is 6. The monoisotopic (exact) mass is 394 g/mol. The Morgan fingerprint density at radius 2 is 1.04 bits per heavy atom. The molecule has 4 rings (SSSR count). The molecule has 0 bridgehead atoms. The lowest BCUT2D eigenvalue weighted by Crippen LogP contribution is -2.29. The van der Waals surface area contributed by atoms with E-state index in [-0.39, 0.29) is 24.5 Å². The molecule has 0 spiro atoms. The number of carbonyl (C=O) groups is 2. The standard InChI is InChI=1S/C20H34N4O4/c1-3-27-19(25)23-17(21(23)15-11-7-5-8-12-15)18-22(16-13-9-6-10-14-16)24(18)20(26)28-4-2/h15-18H,3-14H2,1-2H3/t17-,18+,21?,22?,23?,24?. The van der Waals surface area contributed by atoms with E-state index < -0.39 is 0 Å². The number of hydrogen-bond donors (Lipinski definition) is 0. The minimum atomic E-state index is -0.294. The van der Waals surface area contributed by atoms with Gasteiger partial charge in [0, 0.05) is 12.1 Å². The van der Waals surface area contributed by atoms with Gasteiger partial charge in [-0.05, 0) is 39.5 Å². The van der Waals surface area contributed by atoms with Gasteiger partial charge in [0.15, 0.2) is 12.3 Å². The van der Waals surface area contributed by atoms with Gasteiger partial charge in [-0.2, -0.15) is 10.0 Å². The molecule has 2 aliphatic heterocycles. The van der Waals surface area contributed by atoms with Gasteiger partial charge in [-0.25, -0.2) is 19.6 Å². The van der Waals surface area contributed by atoms with Crippen LogP contribution in [-0.2, 0) is 9.47 Å². The quantitative estimate of drug-likeness (QED) is 0.663. The largest absolute Gasteiger partial charge is 0.449 e. The molecule has 4 atom stereocenters. The number of nitrogens with zero attached hydrogens (tertiary/aromatic N) is 4. The molecule has 28 heavy (non-hydrogen) atoms. The van der Waals surface area contributed by atoms with Gasteiger partial charge < -0.3 is 9.47 Å². The van der Waals surface area contributed by atoms with Crippen molar-refractivity contribution in [3.63, 3.8) is 0 Å². The topological polar surface area (TPSA) is 64.6 Å². The molecule has 8 nitrogen and oxygen atoms in total. The Morgan fingerprint density at radius 1 is 0.679 bits per heavy atom. The van der Waals surface area contributed by atoms with Gasteiger partial charge in [0.2, 0.25) is 0 Å². The van der Waals surface area contributed by atoms with Crippen LogP contribution in [0.4, 0.5) is 9.59 Å². The molecule has 0 aromatic carbocycles. The average Bonchev–Trinajstić information content (AvgIpc) is 3.61. The van der Waals surface area contributed by atoms with E-state index in [0.717, 1.165) is 25.7 Å². The number of rotatable bonds is 5. The van der Waals surface area contributed by atoms with Gasteiger partial charge in [0.05, 0.1) is 13.2 Å². The Hall–Kier alpha value is -1.54. The lowest BCUT2D eigenvalue weighted by atomic mass is 9.95. The number of hydrazine groups is 2. The third kappa shape index (κ3) is 3.68. The third-order valence-electron chi connectivity index (χ3n) is 6.51. The van der Waals surface area contributed by atoms with E-state index >= 15 is 0 Å². The van der Waals surface area contributed by atoms with E-state index in [2.05, 4.69) is 10.0 Å². The molecule has 2 unspecified atom stereocenters. The molecule has 0 aromatic heterocycles. The zero-order chi connectivity index (χ0) is 19.7. The van der Waals surface area contributed by atoms with Crippen molar-refractivity contribution < 1.29 is 19.1 Å². The predicted octanol–water partition coefficient (Wildman–Crippen LogP) is 3.68. The van der Waals surface area contributed by atoms with Crippen molar-refractivity contribution >= 4 is 12.2 Å². The summed E-state index contributed by atoms with van der Waals surface area (Å²) in [5.74, 6) is 0. The Kier molecular flexibility index (Phi) is 5.96. The summed E-state index contributed by atoms with van der Waals surface area (Å²) in [6.45, 7) is 4.38. The maximum absolute atomic E-state index is 12.6. The van der Waals surface area contributed by atoms with Crippen molar-refractivity contribution in [1.29, 1.82) is 0 Å². The normalized spacial score (nSPS) is 33.5. The molecule has 158 valence electrons. The van der Waals surface area contributed by atoms with Crippen LogP contribution in [0.15, 0.2) is 0 Å². The van der Waals surface area contributed by atoms with Crippen LogP contribution in [0.3, 0.4) is 0 Å². The highest BCUT2D eigenvalue weighted by molar-refractivity contribution is 5.73. The maximum atomic E-state index is 12.6. The summed E-state index contributed by atoms with van der Waals surface area (Å²) in [4.78, 5) is 25.2. The van der Waals surface area contributed by atoms with Crippen LogP contribution in [0.5, 0.6) is 0 Å². The van der Waals surface area contributed by atoms with E-state index in [4.69, 9.17) is 9.47 Å². The van der Waals surface area contributed by atoms with E-state index in [9.17, 15) is 9.59 Å². The van der Waals surface area contributed by atoms with Crippen LogP contribution < -0.4 is 0 Å². The van der Waals surface area contributed by atoms with Crippen LogP contribution >= 0.6 is 0 Å². The van der Waals surface area contributed by atoms with E-state index in [1.165, 1.54) is 38.5 Å². The minimum Gasteiger partial charge on any atom is -0.449 e. The first kappa shape index (κ1) is 19.8. The molecular formula is C20H34N4O4. The molecule has 2 saturated heterocycles. The molecule has 2 aliphatic carbocycles. The lowest BCUT2D eigenvalue weighted by Gasteiger charge is -2.23. The Balaban J connectivity index is 1.52. The Labute approximate surface area is 167 Å². The smallest absolute Gasteiger partial charge is 0.426 e. The minimum absolute atomic E-state index is 0.117. The Morgan fingerprint density at radius 3 is 1.36 bits per heavy atom. The van der Waals surface area contributed by atoms with E-state index in [0.29, 0.717) is 25.3 Å². The fraction of sp³-hybridized carbons (Fsp3) is 0.900. The van der Waals surface area contributed by atoms with Crippen molar-refractivity contribution in [3.05, 3.63) is 0 Å². The summed E-state index contributed by atoms with van der Waals surface area (Å²) in [7, 11) is 0. The van der Waals surface area contributed by atoms with Crippen molar-refractivity contribution in [1.82, 2.24) is 20.0 Å². The molecule has 4 aliphatic rings. The fourth-order valence-corrected chi connectivity index (χ4v) is 5.18. The fourth-order valence-electron chi connectivity index (χ4n) is 5.18. The summed E-state index contributed by atoms with van der Waals surface area (Å²) in [6, 6.07) is 0.724. The highest BCUT2D eigenvalue weighted by Gasteiger charge is 2.70. The highest BCUT2D eigenvalue weighted by atomic mass is 16.6. The molecule has 2 heterocycles. The molecule has 2 saturated carbocycles. The van der Waals surface area contributed by atoms with Crippen molar-refractivity contribution in [2.45, 2.75) is 102 Å². The molecule has 0 aromatic rings. The van der Waals surface area contributed by atoms with Crippen molar-refractivity contribution in [3.8, 4) is 0 Å². The molecular weight excluding hydrogens is 360 g/mol. The molecule has 0 radical (unpaired) electrons. The Bertz CT molecular complexity index is 527. The second-order valence-corrected chi connectivity index (χ2v) is 8.26. The second-order valence-electron chi connectivity index (χ2n) is 8.26. The maximum Gasteiger partial charge on any atom is 0.426 e. The zero-order valence-electron chi connectivity index (χ0n) is 17.2. The van der Waals surface area contributed by atoms with Gasteiger partial charge in [0.1, 0.15) is 0 Å². The third-order valence-corrected chi connectivity index (χ3v) is 6.51. The van der Waals surface area contributed by atoms with Gasteiger partial charge >= 0.3 is 12.2 Å². The summed E-state index contributed by atoms with van der Waals surface area (Å²) < 4.78 is 10.6. The summed E-state index contributed by atoms with van der Waals surface area (Å²) in [6.07, 6.45) is 10.9. The highest BCUT2D eigenvalue weighted by Crippen LogP contribution is 2.48. The van der Waals surface area contributed by atoms with Crippen LogP contribution in [0.1, 0.15) is 78.1 Å². The summed E-state index contributed by atoms with van der Waals surface area (Å²) in [5.41, 5.74) is 0. The van der Waals surface area contributed by atoms with Crippen molar-refractivity contribution in [2.75, 3.05) is 13.2 Å². The molecule has 0 N–H and O–H groups in total. The molecule has 4 fully saturated rings. The first-order valence-electron chi connectivity index (χ1n) is 11.2. The van der Waals surface area contributed by atoms with Gasteiger partial charge in [-0.1, -0.05) is 38.5 Å². The van der Waals surface area contributed by atoms with Crippen molar-refractivity contribution in [2.24, 2.45) is 0 Å². The van der Waals surface area contributed by atoms with Gasteiger partial charge in [0.25, 0.3) is 0 Å². The van der Waals surface area contributed by atoms with Crippen LogP contribution in [0, 0.1) is 0 Å². The second kappa shape index (κ2) is 8.45. The first-order valence-corrected chi connectivity index (χ1v) is 11.2. The summed E-state index contributed by atoms with van der Waals surface area (Å²) in [5, 5.41) is 7.85. The van der Waals surface area contributed by atoms with Crippen LogP contribution in [0.25, 0.3) is 0 Å². The number of carbonyl (C=O) groups excluding carboxylic acids is 2. The number of ether oxygens (including phenoxy) is 2. The van der Waals surface area contributed by atoms with Crippen LogP contribution in [0.2, 0.25) is 0 Å². The lowest BCUT2D eigenvalue weighted by molar-refractivity contribution is 0.105.